The lowest BCUT2D eigenvalue weighted by Gasteiger charge is -2.22. The van der Waals surface area contributed by atoms with Crippen LogP contribution in [0.2, 0.25) is 0 Å². The van der Waals surface area contributed by atoms with Crippen molar-refractivity contribution in [2.45, 2.75) is 37.6 Å². The van der Waals surface area contributed by atoms with Crippen molar-refractivity contribution in [1.29, 1.82) is 0 Å². The predicted octanol–water partition coefficient (Wildman–Crippen LogP) is 1.50. The number of aromatic nitrogens is 3. The number of piperidine rings is 1. The van der Waals surface area contributed by atoms with Gasteiger partial charge < -0.3 is 9.88 Å². The first kappa shape index (κ1) is 10.9. The van der Waals surface area contributed by atoms with E-state index in [0.717, 1.165) is 13.1 Å². The SMILES string of the molecule is Cl.c1nnc(C2CCCNC2)n1C1CC1. The molecule has 1 aromatic heterocycles. The number of hydrogen-bond donors (Lipinski definition) is 1. The first-order valence-electron chi connectivity index (χ1n) is 5.55. The maximum atomic E-state index is 4.27. The van der Waals surface area contributed by atoms with Crippen molar-refractivity contribution in [3.63, 3.8) is 0 Å². The van der Waals surface area contributed by atoms with Crippen LogP contribution in [0.25, 0.3) is 0 Å². The van der Waals surface area contributed by atoms with Gasteiger partial charge in [-0.25, -0.2) is 0 Å². The number of hydrogen-bond acceptors (Lipinski definition) is 3. The molecule has 2 aliphatic rings. The predicted molar refractivity (Wildman–Crippen MR) is 60.4 cm³/mol. The fourth-order valence-corrected chi connectivity index (χ4v) is 2.25. The van der Waals surface area contributed by atoms with Crippen molar-refractivity contribution >= 4 is 12.4 Å². The number of nitrogens with one attached hydrogen (secondary N) is 1. The molecule has 4 nitrogen and oxygen atoms in total. The third kappa shape index (κ3) is 2.16. The van der Waals surface area contributed by atoms with Crippen LogP contribution < -0.4 is 5.32 Å². The maximum absolute atomic E-state index is 4.27. The van der Waals surface area contributed by atoms with E-state index in [-0.39, 0.29) is 12.4 Å². The molecule has 1 unspecified atom stereocenters. The summed E-state index contributed by atoms with van der Waals surface area (Å²) in [5, 5.41) is 11.7. The molecule has 1 aliphatic heterocycles. The van der Waals surface area contributed by atoms with Gasteiger partial charge in [0.15, 0.2) is 0 Å². The first-order valence-corrected chi connectivity index (χ1v) is 5.55. The lowest BCUT2D eigenvalue weighted by Crippen LogP contribution is -2.30. The minimum Gasteiger partial charge on any atom is -0.316 e. The van der Waals surface area contributed by atoms with Crippen molar-refractivity contribution < 1.29 is 0 Å². The second-order valence-corrected chi connectivity index (χ2v) is 4.37. The Bertz CT molecular complexity index is 315. The van der Waals surface area contributed by atoms with Gasteiger partial charge in [-0.2, -0.15) is 0 Å². The summed E-state index contributed by atoms with van der Waals surface area (Å²) in [6, 6.07) is 0.710. The van der Waals surface area contributed by atoms with E-state index in [4.69, 9.17) is 0 Å². The summed E-state index contributed by atoms with van der Waals surface area (Å²) in [5.41, 5.74) is 0. The quantitative estimate of drug-likeness (QED) is 0.835. The van der Waals surface area contributed by atoms with Crippen molar-refractivity contribution in [2.24, 2.45) is 0 Å². The molecule has 1 atom stereocenters. The molecule has 84 valence electrons. The summed E-state index contributed by atoms with van der Waals surface area (Å²) in [6.45, 7) is 2.24. The van der Waals surface area contributed by atoms with Gasteiger partial charge in [-0.1, -0.05) is 0 Å². The number of nitrogens with zero attached hydrogens (tertiary/aromatic N) is 3. The van der Waals surface area contributed by atoms with Gasteiger partial charge in [0.25, 0.3) is 0 Å². The second kappa shape index (κ2) is 4.49. The largest absolute Gasteiger partial charge is 0.316 e. The van der Waals surface area contributed by atoms with Gasteiger partial charge >= 0.3 is 0 Å². The summed E-state index contributed by atoms with van der Waals surface area (Å²) in [5.74, 6) is 1.80. The molecule has 0 spiro atoms. The van der Waals surface area contributed by atoms with Crippen LogP contribution in [-0.2, 0) is 0 Å². The smallest absolute Gasteiger partial charge is 0.137 e. The normalized spacial score (nSPS) is 26.0. The Morgan fingerprint density at radius 1 is 1.33 bits per heavy atom. The molecular weight excluding hydrogens is 212 g/mol. The molecule has 0 amide bonds. The van der Waals surface area contributed by atoms with Crippen LogP contribution in [0.1, 0.15) is 43.5 Å². The molecule has 2 heterocycles. The Morgan fingerprint density at radius 2 is 2.20 bits per heavy atom. The Balaban J connectivity index is 0.000000853. The average molecular weight is 229 g/mol. The van der Waals surface area contributed by atoms with Crippen molar-refractivity contribution in [1.82, 2.24) is 20.1 Å². The van der Waals surface area contributed by atoms with Gasteiger partial charge in [0, 0.05) is 18.5 Å². The topological polar surface area (TPSA) is 42.7 Å². The number of rotatable bonds is 2. The molecule has 1 aliphatic carbocycles. The van der Waals surface area contributed by atoms with Crippen LogP contribution in [0.5, 0.6) is 0 Å². The van der Waals surface area contributed by atoms with Gasteiger partial charge in [0.1, 0.15) is 12.2 Å². The van der Waals surface area contributed by atoms with E-state index in [9.17, 15) is 0 Å². The zero-order valence-corrected chi connectivity index (χ0v) is 9.54. The Labute approximate surface area is 95.9 Å². The molecule has 0 bridgehead atoms. The van der Waals surface area contributed by atoms with Crippen molar-refractivity contribution in [3.8, 4) is 0 Å². The third-order valence-corrected chi connectivity index (χ3v) is 3.20. The highest BCUT2D eigenvalue weighted by atomic mass is 35.5. The fourth-order valence-electron chi connectivity index (χ4n) is 2.25. The molecule has 15 heavy (non-hydrogen) atoms. The van der Waals surface area contributed by atoms with Gasteiger partial charge in [-0.15, -0.1) is 22.6 Å². The van der Waals surface area contributed by atoms with Gasteiger partial charge in [0.05, 0.1) is 0 Å². The Hall–Kier alpha value is -0.610. The van der Waals surface area contributed by atoms with Crippen LogP contribution in [0.15, 0.2) is 6.33 Å². The molecule has 1 N–H and O–H groups in total. The standard InChI is InChI=1S/C10H16N4.ClH/c1-2-8(6-11-5-1)10-13-12-7-14(10)9-3-4-9;/h7-9,11H,1-6H2;1H. The molecule has 1 saturated carbocycles. The molecule has 0 aromatic carbocycles. The van der Waals surface area contributed by atoms with E-state index in [2.05, 4.69) is 20.1 Å². The molecule has 5 heteroatoms. The van der Waals surface area contributed by atoms with Crippen LogP contribution in [-0.4, -0.2) is 27.9 Å². The minimum atomic E-state index is 0. The Kier molecular flexibility index (Phi) is 3.26. The van der Waals surface area contributed by atoms with Crippen molar-refractivity contribution in [3.05, 3.63) is 12.2 Å². The average Bonchev–Trinajstić information content (AvgIpc) is 2.98. The molecule has 2 fully saturated rings. The minimum absolute atomic E-state index is 0. The monoisotopic (exact) mass is 228 g/mol. The van der Waals surface area contributed by atoms with Gasteiger partial charge in [-0.05, 0) is 32.2 Å². The molecule has 0 radical (unpaired) electrons. The third-order valence-electron chi connectivity index (χ3n) is 3.20. The Morgan fingerprint density at radius 3 is 2.87 bits per heavy atom. The van der Waals surface area contributed by atoms with Gasteiger partial charge in [0.2, 0.25) is 0 Å². The number of halogens is 1. The van der Waals surface area contributed by atoms with E-state index in [1.165, 1.54) is 31.5 Å². The lowest BCUT2D eigenvalue weighted by molar-refractivity contribution is 0.432. The fraction of sp³-hybridized carbons (Fsp3) is 0.800. The molecule has 1 saturated heterocycles. The highest BCUT2D eigenvalue weighted by molar-refractivity contribution is 5.85. The lowest BCUT2D eigenvalue weighted by atomic mass is 9.99. The summed E-state index contributed by atoms with van der Waals surface area (Å²) < 4.78 is 2.29. The molecule has 3 rings (SSSR count). The zero-order chi connectivity index (χ0) is 9.38. The summed E-state index contributed by atoms with van der Waals surface area (Å²) >= 11 is 0. The van der Waals surface area contributed by atoms with Crippen LogP contribution in [0, 0.1) is 0 Å². The summed E-state index contributed by atoms with van der Waals surface area (Å²) in [7, 11) is 0. The van der Waals surface area contributed by atoms with Crippen LogP contribution in [0.3, 0.4) is 0 Å². The highest BCUT2D eigenvalue weighted by Gasteiger charge is 2.29. The van der Waals surface area contributed by atoms with E-state index in [0.29, 0.717) is 12.0 Å². The second-order valence-electron chi connectivity index (χ2n) is 4.37. The molecule has 1 aromatic rings. The van der Waals surface area contributed by atoms with E-state index >= 15 is 0 Å². The maximum Gasteiger partial charge on any atom is 0.137 e. The van der Waals surface area contributed by atoms with Gasteiger partial charge in [-0.3, -0.25) is 0 Å². The highest BCUT2D eigenvalue weighted by Crippen LogP contribution is 2.37. The van der Waals surface area contributed by atoms with Crippen LogP contribution >= 0.6 is 12.4 Å². The summed E-state index contributed by atoms with van der Waals surface area (Å²) in [4.78, 5) is 0. The van der Waals surface area contributed by atoms with E-state index in [1.807, 2.05) is 6.33 Å². The zero-order valence-electron chi connectivity index (χ0n) is 8.72. The van der Waals surface area contributed by atoms with E-state index in [1.54, 1.807) is 0 Å². The molecular formula is C10H17ClN4. The van der Waals surface area contributed by atoms with E-state index < -0.39 is 0 Å². The van der Waals surface area contributed by atoms with Crippen molar-refractivity contribution in [2.75, 3.05) is 13.1 Å². The summed E-state index contributed by atoms with van der Waals surface area (Å²) in [6.07, 6.45) is 7.05. The first-order chi connectivity index (χ1) is 6.95. The van der Waals surface area contributed by atoms with Crippen LogP contribution in [0.4, 0.5) is 0 Å².